The van der Waals surface area contributed by atoms with Gasteiger partial charge >= 0.3 is 0 Å². The molecule has 0 atom stereocenters. The second-order valence-electron chi connectivity index (χ2n) is 3.21. The van der Waals surface area contributed by atoms with E-state index in [-0.39, 0.29) is 29.4 Å². The highest BCUT2D eigenvalue weighted by molar-refractivity contribution is 7.89. The fourth-order valence-electron chi connectivity index (χ4n) is 1.31. The molecule has 1 heterocycles. The number of nitriles is 1. The van der Waals surface area contributed by atoms with E-state index in [9.17, 15) is 8.42 Å². The van der Waals surface area contributed by atoms with Gasteiger partial charge in [0.15, 0.2) is 0 Å². The molecule has 92 valence electrons. The fraction of sp³-hybridized carbons (Fsp3) is 0.400. The first-order valence-electron chi connectivity index (χ1n) is 5.00. The van der Waals surface area contributed by atoms with Crippen molar-refractivity contribution in [3.63, 3.8) is 0 Å². The largest absolute Gasteiger partial charge is 0.263 e. The van der Waals surface area contributed by atoms with Crippen molar-refractivity contribution in [3.8, 4) is 6.07 Å². The Bertz CT molecular complexity index is 525. The molecular formula is C10H12ClN3O2S. The van der Waals surface area contributed by atoms with Crippen LogP contribution in [0.5, 0.6) is 0 Å². The third-order valence-corrected chi connectivity index (χ3v) is 4.62. The summed E-state index contributed by atoms with van der Waals surface area (Å²) in [5.74, 6) is 0. The van der Waals surface area contributed by atoms with Gasteiger partial charge in [0.2, 0.25) is 10.0 Å². The van der Waals surface area contributed by atoms with Crippen LogP contribution >= 0.6 is 11.6 Å². The second kappa shape index (κ2) is 5.96. The van der Waals surface area contributed by atoms with Gasteiger partial charge in [-0.15, -0.1) is 0 Å². The highest BCUT2D eigenvalue weighted by Gasteiger charge is 2.25. The monoisotopic (exact) mass is 273 g/mol. The van der Waals surface area contributed by atoms with E-state index >= 15 is 0 Å². The summed E-state index contributed by atoms with van der Waals surface area (Å²) >= 11 is 5.83. The van der Waals surface area contributed by atoms with Crippen LogP contribution in [0.1, 0.15) is 13.3 Å². The van der Waals surface area contributed by atoms with Crippen molar-refractivity contribution >= 4 is 21.6 Å². The van der Waals surface area contributed by atoms with Crippen LogP contribution in [0.3, 0.4) is 0 Å². The molecule has 1 aromatic rings. The van der Waals surface area contributed by atoms with Gasteiger partial charge in [-0.3, -0.25) is 4.98 Å². The van der Waals surface area contributed by atoms with Gasteiger partial charge in [-0.05, 0) is 6.07 Å². The number of nitrogens with zero attached hydrogens (tertiary/aromatic N) is 3. The molecule has 0 radical (unpaired) electrons. The first-order chi connectivity index (χ1) is 8.04. The molecule has 0 N–H and O–H groups in total. The van der Waals surface area contributed by atoms with Crippen LogP contribution in [0, 0.1) is 11.3 Å². The first-order valence-corrected chi connectivity index (χ1v) is 6.82. The average Bonchev–Trinajstić information content (AvgIpc) is 2.30. The number of rotatable bonds is 5. The Balaban J connectivity index is 3.10. The van der Waals surface area contributed by atoms with E-state index in [1.165, 1.54) is 22.8 Å². The molecule has 0 aliphatic carbocycles. The van der Waals surface area contributed by atoms with Crippen LogP contribution < -0.4 is 0 Å². The van der Waals surface area contributed by atoms with Gasteiger partial charge < -0.3 is 0 Å². The maximum Gasteiger partial charge on any atom is 0.246 e. The third-order valence-electron chi connectivity index (χ3n) is 2.18. The molecule has 0 aliphatic rings. The summed E-state index contributed by atoms with van der Waals surface area (Å²) < 4.78 is 25.6. The molecule has 0 aliphatic heterocycles. The second-order valence-corrected chi connectivity index (χ2v) is 5.52. The van der Waals surface area contributed by atoms with Crippen molar-refractivity contribution in [1.29, 1.82) is 5.26 Å². The Morgan fingerprint density at radius 2 is 2.29 bits per heavy atom. The smallest absolute Gasteiger partial charge is 0.246 e. The average molecular weight is 274 g/mol. The molecule has 0 saturated heterocycles. The molecule has 0 bridgehead atoms. The van der Waals surface area contributed by atoms with Gasteiger partial charge in [-0.1, -0.05) is 18.5 Å². The highest BCUT2D eigenvalue weighted by Crippen LogP contribution is 2.23. The molecule has 5 nitrogen and oxygen atoms in total. The molecular weight excluding hydrogens is 262 g/mol. The molecule has 0 aromatic carbocycles. The minimum atomic E-state index is -3.67. The van der Waals surface area contributed by atoms with Crippen LogP contribution in [-0.2, 0) is 10.0 Å². The Hall–Kier alpha value is -1.16. The summed E-state index contributed by atoms with van der Waals surface area (Å²) in [6.07, 6.45) is 2.78. The van der Waals surface area contributed by atoms with Crippen molar-refractivity contribution in [2.24, 2.45) is 0 Å². The lowest BCUT2D eigenvalue weighted by Gasteiger charge is -2.19. The van der Waals surface area contributed by atoms with E-state index in [0.717, 1.165) is 0 Å². The normalized spacial score (nSPS) is 11.4. The molecule has 1 rings (SSSR count). The minimum absolute atomic E-state index is 0.0264. The number of hydrogen-bond donors (Lipinski definition) is 0. The standard InChI is InChI=1S/C10H12ClN3O2S/c1-2-14(7-3-5-12)17(15,16)10-8-13-6-4-9(10)11/h4,6,8H,2-3,7H2,1H3. The molecule has 0 fully saturated rings. The lowest BCUT2D eigenvalue weighted by Crippen LogP contribution is -2.32. The zero-order valence-electron chi connectivity index (χ0n) is 9.30. The van der Waals surface area contributed by atoms with Crippen molar-refractivity contribution in [2.45, 2.75) is 18.2 Å². The van der Waals surface area contributed by atoms with Crippen LogP contribution in [0.4, 0.5) is 0 Å². The van der Waals surface area contributed by atoms with E-state index in [0.29, 0.717) is 0 Å². The summed E-state index contributed by atoms with van der Waals surface area (Å²) in [6.45, 7) is 2.15. The minimum Gasteiger partial charge on any atom is -0.263 e. The van der Waals surface area contributed by atoms with Gasteiger partial charge in [0.25, 0.3) is 0 Å². The predicted octanol–water partition coefficient (Wildman–Crippen LogP) is 1.66. The lowest BCUT2D eigenvalue weighted by molar-refractivity contribution is 0.435. The summed E-state index contributed by atoms with van der Waals surface area (Å²) in [7, 11) is -3.67. The molecule has 17 heavy (non-hydrogen) atoms. The van der Waals surface area contributed by atoms with Crippen LogP contribution in [-0.4, -0.2) is 30.8 Å². The number of pyridine rings is 1. The number of halogens is 1. The summed E-state index contributed by atoms with van der Waals surface area (Å²) in [4.78, 5) is 3.73. The Labute approximate surface area is 106 Å². The quantitative estimate of drug-likeness (QED) is 0.818. The number of sulfonamides is 1. The summed E-state index contributed by atoms with van der Waals surface area (Å²) in [6, 6.07) is 3.34. The lowest BCUT2D eigenvalue weighted by atomic mass is 10.5. The van der Waals surface area contributed by atoms with Gasteiger partial charge in [0.1, 0.15) is 4.90 Å². The van der Waals surface area contributed by atoms with E-state index in [2.05, 4.69) is 4.98 Å². The molecule has 0 saturated carbocycles. The van der Waals surface area contributed by atoms with E-state index < -0.39 is 10.0 Å². The molecule has 0 spiro atoms. The topological polar surface area (TPSA) is 74.1 Å². The third kappa shape index (κ3) is 3.16. The van der Waals surface area contributed by atoms with Crippen molar-refractivity contribution in [1.82, 2.24) is 9.29 Å². The van der Waals surface area contributed by atoms with E-state index in [1.807, 2.05) is 6.07 Å². The number of hydrogen-bond acceptors (Lipinski definition) is 4. The van der Waals surface area contributed by atoms with Crippen molar-refractivity contribution in [2.75, 3.05) is 13.1 Å². The Morgan fingerprint density at radius 1 is 1.59 bits per heavy atom. The van der Waals surface area contributed by atoms with Crippen molar-refractivity contribution in [3.05, 3.63) is 23.5 Å². The summed E-state index contributed by atoms with van der Waals surface area (Å²) in [5.41, 5.74) is 0. The Morgan fingerprint density at radius 3 is 2.82 bits per heavy atom. The van der Waals surface area contributed by atoms with Crippen LogP contribution in [0.2, 0.25) is 5.02 Å². The van der Waals surface area contributed by atoms with Gasteiger partial charge in [0, 0.05) is 31.9 Å². The predicted molar refractivity (Wildman–Crippen MR) is 63.9 cm³/mol. The van der Waals surface area contributed by atoms with E-state index in [1.54, 1.807) is 6.92 Å². The highest BCUT2D eigenvalue weighted by atomic mass is 35.5. The van der Waals surface area contributed by atoms with Gasteiger partial charge in [-0.2, -0.15) is 9.57 Å². The molecule has 7 heteroatoms. The van der Waals surface area contributed by atoms with Crippen LogP contribution in [0.25, 0.3) is 0 Å². The Kier molecular flexibility index (Phi) is 4.87. The SMILES string of the molecule is CCN(CCC#N)S(=O)(=O)c1cnccc1Cl. The summed E-state index contributed by atoms with van der Waals surface area (Å²) in [5, 5.41) is 8.63. The van der Waals surface area contributed by atoms with Gasteiger partial charge in [0.05, 0.1) is 11.1 Å². The molecule has 1 aromatic heterocycles. The maximum atomic E-state index is 12.2. The zero-order valence-corrected chi connectivity index (χ0v) is 10.9. The number of aromatic nitrogens is 1. The molecule has 0 unspecified atom stereocenters. The van der Waals surface area contributed by atoms with E-state index in [4.69, 9.17) is 16.9 Å². The fourth-order valence-corrected chi connectivity index (χ4v) is 3.17. The van der Waals surface area contributed by atoms with Crippen molar-refractivity contribution < 1.29 is 8.42 Å². The van der Waals surface area contributed by atoms with Gasteiger partial charge in [-0.25, -0.2) is 8.42 Å². The van der Waals surface area contributed by atoms with Crippen LogP contribution in [0.15, 0.2) is 23.4 Å². The zero-order chi connectivity index (χ0) is 12.9. The first kappa shape index (κ1) is 13.9. The maximum absolute atomic E-state index is 12.2. The molecule has 0 amide bonds.